The van der Waals surface area contributed by atoms with Gasteiger partial charge in [0.2, 0.25) is 5.91 Å². The summed E-state index contributed by atoms with van der Waals surface area (Å²) in [4.78, 5) is 41.0. The predicted molar refractivity (Wildman–Crippen MR) is 147 cm³/mol. The van der Waals surface area contributed by atoms with Gasteiger partial charge >= 0.3 is 6.09 Å². The number of nitrogens with zero attached hydrogens (tertiary/aromatic N) is 3. The number of nitriles is 1. The van der Waals surface area contributed by atoms with Crippen molar-refractivity contribution in [2.75, 3.05) is 31.1 Å². The van der Waals surface area contributed by atoms with Gasteiger partial charge in [0.05, 0.1) is 19.0 Å². The molecule has 0 aliphatic carbocycles. The van der Waals surface area contributed by atoms with Gasteiger partial charge in [-0.1, -0.05) is 36.4 Å². The average Bonchev–Trinajstić information content (AvgIpc) is 3.04. The zero-order valence-corrected chi connectivity index (χ0v) is 23.0. The van der Waals surface area contributed by atoms with Gasteiger partial charge in [0, 0.05) is 31.8 Å². The Labute approximate surface area is 229 Å². The first-order chi connectivity index (χ1) is 18.6. The second kappa shape index (κ2) is 11.9. The van der Waals surface area contributed by atoms with Crippen molar-refractivity contribution in [1.82, 2.24) is 10.2 Å². The monoisotopic (exact) mass is 532 g/mol. The highest BCUT2D eigenvalue weighted by Gasteiger charge is 2.31. The van der Waals surface area contributed by atoms with Crippen molar-refractivity contribution in [3.05, 3.63) is 53.6 Å². The Morgan fingerprint density at radius 3 is 2.56 bits per heavy atom. The SMILES string of the molecule is CCN1C(=O)Cc2ccc(-c3ccc(C[C@@H](C#N)NC(=O)[C@@H]4CN(C(=O)OC(C)(C)C)CCCO4)cc3)cc21. The lowest BCUT2D eigenvalue weighted by Crippen LogP contribution is -2.48. The summed E-state index contributed by atoms with van der Waals surface area (Å²) in [5.41, 5.74) is 4.28. The first kappa shape index (κ1) is 28.1. The van der Waals surface area contributed by atoms with Gasteiger partial charge in [-0.15, -0.1) is 0 Å². The molecule has 0 unspecified atom stereocenters. The van der Waals surface area contributed by atoms with E-state index >= 15 is 0 Å². The Morgan fingerprint density at radius 1 is 1.18 bits per heavy atom. The molecular formula is C30H36N4O5. The third-order valence-corrected chi connectivity index (χ3v) is 6.76. The van der Waals surface area contributed by atoms with E-state index in [9.17, 15) is 19.6 Å². The minimum atomic E-state index is -0.882. The lowest BCUT2D eigenvalue weighted by Gasteiger charge is -2.27. The lowest BCUT2D eigenvalue weighted by atomic mass is 9.99. The Kier molecular flexibility index (Phi) is 8.56. The number of amides is 3. The molecule has 2 atom stereocenters. The zero-order chi connectivity index (χ0) is 28.2. The van der Waals surface area contributed by atoms with Gasteiger partial charge < -0.3 is 24.6 Å². The minimum absolute atomic E-state index is 0.0649. The van der Waals surface area contributed by atoms with Crippen molar-refractivity contribution < 1.29 is 23.9 Å². The van der Waals surface area contributed by atoms with E-state index in [4.69, 9.17) is 9.47 Å². The maximum Gasteiger partial charge on any atom is 0.410 e. The number of likely N-dealkylation sites (N-methyl/N-ethyl adjacent to an activating group) is 1. The van der Waals surface area contributed by atoms with Crippen molar-refractivity contribution in [1.29, 1.82) is 5.26 Å². The smallest absolute Gasteiger partial charge is 0.410 e. The molecule has 9 heteroatoms. The Balaban J connectivity index is 1.38. The summed E-state index contributed by atoms with van der Waals surface area (Å²) in [6, 6.07) is 15.3. The molecule has 0 saturated carbocycles. The second-order valence-electron chi connectivity index (χ2n) is 10.9. The van der Waals surface area contributed by atoms with Crippen LogP contribution in [0.1, 0.15) is 45.2 Å². The van der Waals surface area contributed by atoms with E-state index in [0.717, 1.165) is 27.9 Å². The summed E-state index contributed by atoms with van der Waals surface area (Å²) in [5.74, 6) is -0.307. The van der Waals surface area contributed by atoms with Gasteiger partial charge in [0.1, 0.15) is 11.6 Å². The molecule has 3 amide bonds. The third kappa shape index (κ3) is 6.95. The summed E-state index contributed by atoms with van der Waals surface area (Å²) < 4.78 is 11.1. The van der Waals surface area contributed by atoms with Crippen LogP contribution >= 0.6 is 0 Å². The molecule has 2 aromatic rings. The Hall–Kier alpha value is -3.90. The van der Waals surface area contributed by atoms with Gasteiger partial charge in [0.15, 0.2) is 6.10 Å². The van der Waals surface area contributed by atoms with E-state index in [1.54, 1.807) is 25.7 Å². The summed E-state index contributed by atoms with van der Waals surface area (Å²) in [5, 5.41) is 12.5. The molecular weight excluding hydrogens is 496 g/mol. The highest BCUT2D eigenvalue weighted by molar-refractivity contribution is 6.02. The molecule has 4 rings (SSSR count). The topological polar surface area (TPSA) is 112 Å². The molecule has 206 valence electrons. The van der Waals surface area contributed by atoms with Crippen LogP contribution in [0.2, 0.25) is 0 Å². The van der Waals surface area contributed by atoms with E-state index in [1.165, 1.54) is 4.90 Å². The predicted octanol–water partition coefficient (Wildman–Crippen LogP) is 3.84. The molecule has 9 nitrogen and oxygen atoms in total. The molecule has 2 aliphatic rings. The third-order valence-electron chi connectivity index (χ3n) is 6.76. The summed E-state index contributed by atoms with van der Waals surface area (Å²) in [6.07, 6.45) is -0.0107. The number of hydrogen-bond acceptors (Lipinski definition) is 6. The minimum Gasteiger partial charge on any atom is -0.444 e. The molecule has 2 aliphatic heterocycles. The second-order valence-corrected chi connectivity index (χ2v) is 10.9. The standard InChI is InChI=1S/C30H36N4O5/c1-5-34-25-16-22(11-12-23(25)17-27(34)35)21-9-7-20(8-10-21)15-24(18-31)32-28(36)26-19-33(13-6-14-38-26)29(37)39-30(2,3)4/h7-12,16,24,26H,5-6,13-15,17,19H2,1-4H3,(H,32,36)/t24-,26-/m0/s1. The van der Waals surface area contributed by atoms with Gasteiger partial charge in [-0.25, -0.2) is 4.79 Å². The summed E-state index contributed by atoms with van der Waals surface area (Å²) >= 11 is 0. The van der Waals surface area contributed by atoms with Gasteiger partial charge in [0.25, 0.3) is 5.91 Å². The van der Waals surface area contributed by atoms with Crippen LogP contribution in [0.3, 0.4) is 0 Å². The van der Waals surface area contributed by atoms with Crippen LogP contribution in [0.15, 0.2) is 42.5 Å². The van der Waals surface area contributed by atoms with Crippen molar-refractivity contribution in [3.8, 4) is 17.2 Å². The Bertz CT molecular complexity index is 1260. The number of hydrogen-bond donors (Lipinski definition) is 1. The molecule has 0 bridgehead atoms. The van der Waals surface area contributed by atoms with Gasteiger partial charge in [-0.2, -0.15) is 5.26 Å². The van der Waals surface area contributed by atoms with Crippen LogP contribution in [0.5, 0.6) is 0 Å². The normalized spacial score (nSPS) is 18.1. The molecule has 0 spiro atoms. The number of rotatable bonds is 6. The van der Waals surface area contributed by atoms with Crippen molar-refractivity contribution in [2.45, 2.75) is 64.7 Å². The fourth-order valence-electron chi connectivity index (χ4n) is 4.82. The molecule has 39 heavy (non-hydrogen) atoms. The summed E-state index contributed by atoms with van der Waals surface area (Å²) in [6.45, 7) is 8.82. The number of fused-ring (bicyclic) bond motifs is 1. The van der Waals surface area contributed by atoms with E-state index in [0.29, 0.717) is 39.0 Å². The number of carbonyl (C=O) groups is 3. The molecule has 1 N–H and O–H groups in total. The maximum atomic E-state index is 13.0. The van der Waals surface area contributed by atoms with Crippen LogP contribution in [0.25, 0.3) is 11.1 Å². The zero-order valence-electron chi connectivity index (χ0n) is 23.0. The van der Waals surface area contributed by atoms with Crippen molar-refractivity contribution in [2.24, 2.45) is 0 Å². The molecule has 1 fully saturated rings. The van der Waals surface area contributed by atoms with Crippen LogP contribution in [-0.2, 0) is 31.9 Å². The van der Waals surface area contributed by atoms with E-state index in [2.05, 4.69) is 11.4 Å². The highest BCUT2D eigenvalue weighted by Crippen LogP contribution is 2.33. The van der Waals surface area contributed by atoms with Crippen LogP contribution in [0, 0.1) is 11.3 Å². The van der Waals surface area contributed by atoms with E-state index < -0.39 is 29.7 Å². The van der Waals surface area contributed by atoms with Crippen LogP contribution in [0.4, 0.5) is 10.5 Å². The summed E-state index contributed by atoms with van der Waals surface area (Å²) in [7, 11) is 0. The van der Waals surface area contributed by atoms with Crippen LogP contribution in [-0.4, -0.2) is 66.8 Å². The molecule has 2 aromatic carbocycles. The van der Waals surface area contributed by atoms with Crippen LogP contribution < -0.4 is 10.2 Å². The lowest BCUT2D eigenvalue weighted by molar-refractivity contribution is -0.133. The van der Waals surface area contributed by atoms with Crippen molar-refractivity contribution in [3.63, 3.8) is 0 Å². The first-order valence-corrected chi connectivity index (χ1v) is 13.4. The fraction of sp³-hybridized carbons (Fsp3) is 0.467. The number of anilines is 1. The fourth-order valence-corrected chi connectivity index (χ4v) is 4.82. The largest absolute Gasteiger partial charge is 0.444 e. The van der Waals surface area contributed by atoms with Crippen molar-refractivity contribution >= 4 is 23.6 Å². The number of ether oxygens (including phenoxy) is 2. The average molecular weight is 533 g/mol. The quantitative estimate of drug-likeness (QED) is 0.605. The molecule has 0 aromatic heterocycles. The first-order valence-electron chi connectivity index (χ1n) is 13.4. The highest BCUT2D eigenvalue weighted by atomic mass is 16.6. The van der Waals surface area contributed by atoms with Gasteiger partial charge in [-0.3, -0.25) is 9.59 Å². The van der Waals surface area contributed by atoms with E-state index in [1.807, 2.05) is 49.4 Å². The number of nitrogens with one attached hydrogen (secondary N) is 1. The number of carbonyl (C=O) groups excluding carboxylic acids is 3. The van der Waals surface area contributed by atoms with Gasteiger partial charge in [-0.05, 0) is 62.4 Å². The Morgan fingerprint density at radius 2 is 1.90 bits per heavy atom. The maximum absolute atomic E-state index is 13.0. The molecule has 1 saturated heterocycles. The van der Waals surface area contributed by atoms with E-state index in [-0.39, 0.29) is 12.5 Å². The molecule has 2 heterocycles. The molecule has 0 radical (unpaired) electrons. The number of benzene rings is 2.